The lowest BCUT2D eigenvalue weighted by atomic mass is 10.0. The number of nitriles is 1. The summed E-state index contributed by atoms with van der Waals surface area (Å²) in [6.07, 6.45) is 1.74. The summed E-state index contributed by atoms with van der Waals surface area (Å²) >= 11 is 0. The van der Waals surface area contributed by atoms with E-state index < -0.39 is 0 Å². The van der Waals surface area contributed by atoms with Crippen molar-refractivity contribution >= 4 is 5.69 Å². The van der Waals surface area contributed by atoms with Crippen molar-refractivity contribution in [1.82, 2.24) is 0 Å². The molecule has 2 aromatic rings. The topological polar surface area (TPSA) is 35.8 Å². The van der Waals surface area contributed by atoms with E-state index in [0.29, 0.717) is 11.3 Å². The second kappa shape index (κ2) is 6.72. The van der Waals surface area contributed by atoms with Crippen LogP contribution in [0.5, 0.6) is 0 Å². The second-order valence-electron chi connectivity index (χ2n) is 4.75. The van der Waals surface area contributed by atoms with Crippen molar-refractivity contribution in [2.45, 2.75) is 25.8 Å². The maximum Gasteiger partial charge on any atom is 0.147 e. The van der Waals surface area contributed by atoms with Crippen LogP contribution < -0.4 is 5.32 Å². The molecular formula is C17H17FN2. The van der Waals surface area contributed by atoms with Gasteiger partial charge in [0.25, 0.3) is 0 Å². The minimum Gasteiger partial charge on any atom is -0.380 e. The summed E-state index contributed by atoms with van der Waals surface area (Å²) in [5.41, 5.74) is 2.01. The van der Waals surface area contributed by atoms with E-state index in [2.05, 4.69) is 24.4 Å². The predicted octanol–water partition coefficient (Wildman–Crippen LogP) is 4.13. The molecule has 0 aliphatic rings. The van der Waals surface area contributed by atoms with E-state index in [-0.39, 0.29) is 11.9 Å². The van der Waals surface area contributed by atoms with E-state index in [9.17, 15) is 4.39 Å². The Kier molecular flexibility index (Phi) is 4.73. The molecule has 2 aromatic carbocycles. The summed E-state index contributed by atoms with van der Waals surface area (Å²) in [6, 6.07) is 16.7. The third-order valence-electron chi connectivity index (χ3n) is 3.28. The lowest BCUT2D eigenvalue weighted by Gasteiger charge is -2.19. The van der Waals surface area contributed by atoms with Gasteiger partial charge in [-0.2, -0.15) is 5.26 Å². The highest BCUT2D eigenvalue weighted by Crippen LogP contribution is 2.18. The van der Waals surface area contributed by atoms with Gasteiger partial charge in [0.05, 0.1) is 17.3 Å². The molecule has 20 heavy (non-hydrogen) atoms. The van der Waals surface area contributed by atoms with Gasteiger partial charge in [-0.15, -0.1) is 0 Å². The molecule has 1 unspecified atom stereocenters. The molecule has 0 heterocycles. The molecule has 0 amide bonds. The van der Waals surface area contributed by atoms with Crippen LogP contribution in [0.15, 0.2) is 48.5 Å². The monoisotopic (exact) mass is 268 g/mol. The van der Waals surface area contributed by atoms with Gasteiger partial charge in [-0.1, -0.05) is 37.3 Å². The molecule has 0 saturated heterocycles. The third kappa shape index (κ3) is 3.58. The standard InChI is InChI=1S/C17H17FN2/c1-2-15(10-13-6-4-3-5-7-13)20-17-9-8-14(12-19)11-16(17)18/h3-9,11,15,20H,2,10H2,1H3. The summed E-state index contributed by atoms with van der Waals surface area (Å²) in [4.78, 5) is 0. The fraction of sp³-hybridized carbons (Fsp3) is 0.235. The Bertz CT molecular complexity index is 602. The number of benzene rings is 2. The van der Waals surface area contributed by atoms with Crippen LogP contribution in [-0.2, 0) is 6.42 Å². The largest absolute Gasteiger partial charge is 0.380 e. The quantitative estimate of drug-likeness (QED) is 0.885. The fourth-order valence-electron chi connectivity index (χ4n) is 2.12. The number of hydrogen-bond acceptors (Lipinski definition) is 2. The van der Waals surface area contributed by atoms with E-state index in [4.69, 9.17) is 5.26 Å². The molecule has 0 aliphatic heterocycles. The van der Waals surface area contributed by atoms with Gasteiger partial charge in [-0.25, -0.2) is 4.39 Å². The smallest absolute Gasteiger partial charge is 0.147 e. The average molecular weight is 268 g/mol. The highest BCUT2D eigenvalue weighted by molar-refractivity contribution is 5.49. The van der Waals surface area contributed by atoms with Crippen molar-refractivity contribution in [3.05, 3.63) is 65.5 Å². The van der Waals surface area contributed by atoms with Gasteiger partial charge in [0.2, 0.25) is 0 Å². The van der Waals surface area contributed by atoms with Crippen LogP contribution in [0.1, 0.15) is 24.5 Å². The van der Waals surface area contributed by atoms with Crippen LogP contribution in [0.4, 0.5) is 10.1 Å². The minimum atomic E-state index is -0.379. The lowest BCUT2D eigenvalue weighted by Crippen LogP contribution is -2.22. The van der Waals surface area contributed by atoms with E-state index in [1.807, 2.05) is 24.3 Å². The van der Waals surface area contributed by atoms with Crippen LogP contribution in [0.2, 0.25) is 0 Å². The highest BCUT2D eigenvalue weighted by atomic mass is 19.1. The van der Waals surface area contributed by atoms with Gasteiger partial charge in [0.15, 0.2) is 0 Å². The molecule has 0 radical (unpaired) electrons. The molecule has 0 aliphatic carbocycles. The zero-order valence-electron chi connectivity index (χ0n) is 11.4. The van der Waals surface area contributed by atoms with Gasteiger partial charge < -0.3 is 5.32 Å². The number of hydrogen-bond donors (Lipinski definition) is 1. The maximum atomic E-state index is 13.9. The van der Waals surface area contributed by atoms with E-state index in [0.717, 1.165) is 12.8 Å². The number of halogens is 1. The summed E-state index contributed by atoms with van der Waals surface area (Å²) in [5.74, 6) is -0.379. The average Bonchev–Trinajstić information content (AvgIpc) is 2.49. The zero-order chi connectivity index (χ0) is 14.4. The second-order valence-corrected chi connectivity index (χ2v) is 4.75. The van der Waals surface area contributed by atoms with Gasteiger partial charge in [-0.3, -0.25) is 0 Å². The fourth-order valence-corrected chi connectivity index (χ4v) is 2.12. The summed E-state index contributed by atoms with van der Waals surface area (Å²) in [7, 11) is 0. The molecule has 1 atom stereocenters. The zero-order valence-corrected chi connectivity index (χ0v) is 11.4. The Balaban J connectivity index is 2.09. The van der Waals surface area contributed by atoms with Gasteiger partial charge in [0.1, 0.15) is 5.82 Å². The Hall–Kier alpha value is -2.34. The summed E-state index contributed by atoms with van der Waals surface area (Å²) in [6.45, 7) is 2.07. The third-order valence-corrected chi connectivity index (χ3v) is 3.28. The molecular weight excluding hydrogens is 251 g/mol. The van der Waals surface area contributed by atoms with Crippen molar-refractivity contribution in [2.75, 3.05) is 5.32 Å². The molecule has 1 N–H and O–H groups in total. The van der Waals surface area contributed by atoms with Crippen molar-refractivity contribution in [2.24, 2.45) is 0 Å². The van der Waals surface area contributed by atoms with Crippen LogP contribution >= 0.6 is 0 Å². The Labute approximate surface area is 118 Å². The van der Waals surface area contributed by atoms with Crippen molar-refractivity contribution in [3.8, 4) is 6.07 Å². The molecule has 0 bridgehead atoms. The number of nitrogens with one attached hydrogen (secondary N) is 1. The first kappa shape index (κ1) is 14.1. The van der Waals surface area contributed by atoms with Crippen LogP contribution in [-0.4, -0.2) is 6.04 Å². The highest BCUT2D eigenvalue weighted by Gasteiger charge is 2.10. The number of rotatable bonds is 5. The summed E-state index contributed by atoms with van der Waals surface area (Å²) < 4.78 is 13.9. The molecule has 102 valence electrons. The number of nitrogens with zero attached hydrogens (tertiary/aromatic N) is 1. The molecule has 2 rings (SSSR count). The predicted molar refractivity (Wildman–Crippen MR) is 79.0 cm³/mol. The van der Waals surface area contributed by atoms with Crippen LogP contribution in [0.25, 0.3) is 0 Å². The van der Waals surface area contributed by atoms with Gasteiger partial charge in [0, 0.05) is 6.04 Å². The first-order valence-corrected chi connectivity index (χ1v) is 6.73. The maximum absolute atomic E-state index is 13.9. The summed E-state index contributed by atoms with van der Waals surface area (Å²) in [5, 5.41) is 12.0. The van der Waals surface area contributed by atoms with Crippen molar-refractivity contribution in [3.63, 3.8) is 0 Å². The molecule has 3 heteroatoms. The molecule has 0 saturated carbocycles. The molecule has 0 fully saturated rings. The Morgan fingerprint density at radius 1 is 1.20 bits per heavy atom. The van der Waals surface area contributed by atoms with Gasteiger partial charge in [-0.05, 0) is 36.6 Å². The van der Waals surface area contributed by atoms with E-state index in [1.54, 1.807) is 12.1 Å². The van der Waals surface area contributed by atoms with Crippen molar-refractivity contribution < 1.29 is 4.39 Å². The SMILES string of the molecule is CCC(Cc1ccccc1)Nc1ccc(C#N)cc1F. The molecule has 0 spiro atoms. The number of anilines is 1. The van der Waals surface area contributed by atoms with Crippen molar-refractivity contribution in [1.29, 1.82) is 5.26 Å². The molecule has 0 aromatic heterocycles. The van der Waals surface area contributed by atoms with Crippen LogP contribution in [0, 0.1) is 17.1 Å². The lowest BCUT2D eigenvalue weighted by molar-refractivity contribution is 0.618. The van der Waals surface area contributed by atoms with Crippen LogP contribution in [0.3, 0.4) is 0 Å². The van der Waals surface area contributed by atoms with E-state index in [1.165, 1.54) is 11.6 Å². The Morgan fingerprint density at radius 2 is 1.95 bits per heavy atom. The molecule has 2 nitrogen and oxygen atoms in total. The van der Waals surface area contributed by atoms with E-state index >= 15 is 0 Å². The Morgan fingerprint density at radius 3 is 2.55 bits per heavy atom. The minimum absolute atomic E-state index is 0.167. The first-order valence-electron chi connectivity index (χ1n) is 6.73. The normalized spacial score (nSPS) is 11.7. The van der Waals surface area contributed by atoms with Gasteiger partial charge >= 0.3 is 0 Å². The first-order chi connectivity index (χ1) is 9.72.